The highest BCUT2D eigenvalue weighted by Gasteiger charge is 2.22. The van der Waals surface area contributed by atoms with Crippen LogP contribution >= 0.6 is 15.9 Å². The van der Waals surface area contributed by atoms with Gasteiger partial charge in [-0.2, -0.15) is 0 Å². The summed E-state index contributed by atoms with van der Waals surface area (Å²) >= 11 is 3.25. The number of hydrogen-bond acceptors (Lipinski definition) is 2. The van der Waals surface area contributed by atoms with E-state index in [0.717, 1.165) is 0 Å². The predicted octanol–water partition coefficient (Wildman–Crippen LogP) is 4.58. The molecule has 0 saturated carbocycles. The lowest BCUT2D eigenvalue weighted by molar-refractivity contribution is 0.169. The minimum absolute atomic E-state index is 0.302. The van der Waals surface area contributed by atoms with Crippen molar-refractivity contribution in [2.45, 2.75) is 25.5 Å². The molecule has 0 fully saturated rings. The van der Waals surface area contributed by atoms with Crippen LogP contribution in [-0.4, -0.2) is 6.04 Å². The van der Waals surface area contributed by atoms with E-state index in [1.165, 1.54) is 30.3 Å². The Morgan fingerprint density at radius 2 is 1.86 bits per heavy atom. The largest absolute Gasteiger partial charge is 0.483 e. The highest BCUT2D eigenvalue weighted by atomic mass is 79.9. The summed E-state index contributed by atoms with van der Waals surface area (Å²) in [6.45, 7) is 1.93. The van der Waals surface area contributed by atoms with Gasteiger partial charge in [0.2, 0.25) is 0 Å². The van der Waals surface area contributed by atoms with E-state index < -0.39 is 6.10 Å². The van der Waals surface area contributed by atoms with E-state index in [1.54, 1.807) is 12.1 Å². The second-order valence-electron chi connectivity index (χ2n) is 4.74. The maximum atomic E-state index is 13.4. The van der Waals surface area contributed by atoms with Gasteiger partial charge in [-0.3, -0.25) is 0 Å². The van der Waals surface area contributed by atoms with Crippen molar-refractivity contribution >= 4 is 15.9 Å². The summed E-state index contributed by atoms with van der Waals surface area (Å²) in [5.41, 5.74) is 6.74. The van der Waals surface area contributed by atoms with Gasteiger partial charge in [0.1, 0.15) is 23.5 Å². The Morgan fingerprint density at radius 1 is 1.14 bits per heavy atom. The van der Waals surface area contributed by atoms with Crippen molar-refractivity contribution in [1.29, 1.82) is 0 Å². The highest BCUT2D eigenvalue weighted by molar-refractivity contribution is 9.10. The topological polar surface area (TPSA) is 35.2 Å². The monoisotopic (exact) mass is 355 g/mol. The van der Waals surface area contributed by atoms with Crippen LogP contribution in [0.3, 0.4) is 0 Å². The van der Waals surface area contributed by atoms with Crippen molar-refractivity contribution in [1.82, 2.24) is 0 Å². The lowest BCUT2D eigenvalue weighted by Crippen LogP contribution is -2.31. The summed E-state index contributed by atoms with van der Waals surface area (Å²) in [6, 6.07) is 9.99. The SMILES string of the molecule is CCC(N)C(Oc1ccc(F)cc1Br)c1cccc(F)c1. The Balaban J connectivity index is 2.33. The zero-order chi connectivity index (χ0) is 15.4. The summed E-state index contributed by atoms with van der Waals surface area (Å²) in [6.07, 6.45) is 0.160. The minimum atomic E-state index is -0.507. The summed E-state index contributed by atoms with van der Waals surface area (Å²) in [5.74, 6) is -0.242. The number of ether oxygens (including phenoxy) is 1. The minimum Gasteiger partial charge on any atom is -0.483 e. The van der Waals surface area contributed by atoms with Crippen LogP contribution in [0.1, 0.15) is 25.0 Å². The third-order valence-electron chi connectivity index (χ3n) is 3.19. The Labute approximate surface area is 131 Å². The summed E-state index contributed by atoms with van der Waals surface area (Å²) in [4.78, 5) is 0. The molecule has 2 aromatic carbocycles. The molecule has 0 heterocycles. The molecule has 0 saturated heterocycles. The highest BCUT2D eigenvalue weighted by Crippen LogP contribution is 2.32. The fraction of sp³-hybridized carbons (Fsp3) is 0.250. The van der Waals surface area contributed by atoms with Crippen LogP contribution < -0.4 is 10.5 Å². The van der Waals surface area contributed by atoms with Crippen LogP contribution in [0.2, 0.25) is 0 Å². The van der Waals surface area contributed by atoms with Gasteiger partial charge in [0.15, 0.2) is 0 Å². The van der Waals surface area contributed by atoms with Crippen molar-refractivity contribution in [2.24, 2.45) is 5.73 Å². The van der Waals surface area contributed by atoms with Crippen LogP contribution in [0.5, 0.6) is 5.75 Å². The molecule has 0 radical (unpaired) electrons. The van der Waals surface area contributed by atoms with Crippen LogP contribution in [0.15, 0.2) is 46.9 Å². The molecule has 0 aliphatic heterocycles. The molecule has 2 aromatic rings. The van der Waals surface area contributed by atoms with Gasteiger partial charge in [-0.15, -0.1) is 0 Å². The average molecular weight is 356 g/mol. The second kappa shape index (κ2) is 7.00. The molecule has 2 nitrogen and oxygen atoms in total. The maximum absolute atomic E-state index is 13.4. The van der Waals surface area contributed by atoms with Gasteiger partial charge < -0.3 is 10.5 Å². The third-order valence-corrected chi connectivity index (χ3v) is 3.81. The normalized spacial score (nSPS) is 13.8. The first kappa shape index (κ1) is 15.9. The summed E-state index contributed by atoms with van der Waals surface area (Å²) in [7, 11) is 0. The summed E-state index contributed by atoms with van der Waals surface area (Å²) < 4.78 is 32.9. The summed E-state index contributed by atoms with van der Waals surface area (Å²) in [5, 5.41) is 0. The maximum Gasteiger partial charge on any atom is 0.139 e. The first-order valence-corrected chi connectivity index (χ1v) is 7.43. The number of benzene rings is 2. The van der Waals surface area contributed by atoms with E-state index in [0.29, 0.717) is 22.2 Å². The molecule has 0 amide bonds. The quantitative estimate of drug-likeness (QED) is 0.851. The molecular formula is C16H16BrF2NO. The van der Waals surface area contributed by atoms with Crippen molar-refractivity contribution in [3.63, 3.8) is 0 Å². The van der Waals surface area contributed by atoms with Gasteiger partial charge in [-0.05, 0) is 58.2 Å². The van der Waals surface area contributed by atoms with Crippen molar-refractivity contribution in [3.05, 3.63) is 64.1 Å². The smallest absolute Gasteiger partial charge is 0.139 e. The van der Waals surface area contributed by atoms with Crippen molar-refractivity contribution < 1.29 is 13.5 Å². The number of rotatable bonds is 5. The van der Waals surface area contributed by atoms with E-state index in [-0.39, 0.29) is 17.7 Å². The molecule has 0 aromatic heterocycles. The van der Waals surface area contributed by atoms with Crippen molar-refractivity contribution in [2.75, 3.05) is 0 Å². The lowest BCUT2D eigenvalue weighted by Gasteiger charge is -2.25. The molecule has 112 valence electrons. The second-order valence-corrected chi connectivity index (χ2v) is 5.59. The van der Waals surface area contributed by atoms with E-state index in [1.807, 2.05) is 6.92 Å². The number of nitrogens with two attached hydrogens (primary N) is 1. The Kier molecular flexibility index (Phi) is 5.31. The van der Waals surface area contributed by atoms with Crippen LogP contribution in [0, 0.1) is 11.6 Å². The number of hydrogen-bond donors (Lipinski definition) is 1. The first-order chi connectivity index (χ1) is 10.0. The molecule has 0 bridgehead atoms. The van der Waals surface area contributed by atoms with Gasteiger partial charge in [0.05, 0.1) is 4.47 Å². The molecule has 21 heavy (non-hydrogen) atoms. The van der Waals surface area contributed by atoms with E-state index in [9.17, 15) is 8.78 Å². The van der Waals surface area contributed by atoms with E-state index in [2.05, 4.69) is 15.9 Å². The van der Waals surface area contributed by atoms with Crippen LogP contribution in [0.25, 0.3) is 0 Å². The molecule has 0 aliphatic carbocycles. The Bertz CT molecular complexity index is 621. The number of halogens is 3. The van der Waals surface area contributed by atoms with Crippen LogP contribution in [-0.2, 0) is 0 Å². The Morgan fingerprint density at radius 3 is 2.48 bits per heavy atom. The van der Waals surface area contributed by atoms with Crippen molar-refractivity contribution in [3.8, 4) is 5.75 Å². The Hall–Kier alpha value is -1.46. The molecule has 2 atom stereocenters. The molecule has 2 N–H and O–H groups in total. The zero-order valence-electron chi connectivity index (χ0n) is 11.5. The van der Waals surface area contributed by atoms with Gasteiger partial charge in [0.25, 0.3) is 0 Å². The van der Waals surface area contributed by atoms with Gasteiger partial charge in [-0.1, -0.05) is 19.1 Å². The van der Waals surface area contributed by atoms with E-state index in [4.69, 9.17) is 10.5 Å². The standard InChI is InChI=1S/C16H16BrF2NO/c1-2-14(20)16(10-4-3-5-11(18)8-10)21-15-7-6-12(19)9-13(15)17/h3-9,14,16H,2,20H2,1H3. The first-order valence-electron chi connectivity index (χ1n) is 6.64. The zero-order valence-corrected chi connectivity index (χ0v) is 13.1. The average Bonchev–Trinajstić information content (AvgIpc) is 2.45. The molecule has 0 aliphatic rings. The lowest BCUT2D eigenvalue weighted by atomic mass is 10.0. The van der Waals surface area contributed by atoms with Crippen LogP contribution in [0.4, 0.5) is 8.78 Å². The fourth-order valence-corrected chi connectivity index (χ4v) is 2.45. The molecular weight excluding hydrogens is 340 g/mol. The fourth-order valence-electron chi connectivity index (χ4n) is 2.01. The molecule has 2 unspecified atom stereocenters. The van der Waals surface area contributed by atoms with Gasteiger partial charge >= 0.3 is 0 Å². The van der Waals surface area contributed by atoms with Gasteiger partial charge in [-0.25, -0.2) is 8.78 Å². The molecule has 2 rings (SSSR count). The third kappa shape index (κ3) is 4.02. The van der Waals surface area contributed by atoms with Gasteiger partial charge in [0, 0.05) is 6.04 Å². The molecule has 5 heteroatoms. The predicted molar refractivity (Wildman–Crippen MR) is 82.1 cm³/mol. The van der Waals surface area contributed by atoms with E-state index >= 15 is 0 Å². The molecule has 0 spiro atoms.